The summed E-state index contributed by atoms with van der Waals surface area (Å²) in [6.07, 6.45) is 0.557. The molecule has 0 aliphatic carbocycles. The molecule has 0 unspecified atom stereocenters. The molecule has 5 aromatic rings. The summed E-state index contributed by atoms with van der Waals surface area (Å²) in [5, 5.41) is 22.6. The van der Waals surface area contributed by atoms with Gasteiger partial charge in [-0.3, -0.25) is 9.59 Å². The molecule has 0 atom stereocenters. The van der Waals surface area contributed by atoms with Crippen LogP contribution in [0.5, 0.6) is 5.75 Å². The molecule has 7 nitrogen and oxygen atoms in total. The van der Waals surface area contributed by atoms with Crippen LogP contribution in [0, 0.1) is 6.92 Å². The topological polar surface area (TPSA) is 120 Å². The molecule has 39 heavy (non-hydrogen) atoms. The van der Waals surface area contributed by atoms with Crippen LogP contribution < -0.4 is 10.6 Å². The van der Waals surface area contributed by atoms with Crippen molar-refractivity contribution < 1.29 is 19.8 Å². The molecule has 1 aliphatic rings. The molecule has 4 aromatic carbocycles. The molecular weight excluding hydrogens is 490 g/mol. The lowest BCUT2D eigenvalue weighted by molar-refractivity contribution is 0.0787. The van der Waals surface area contributed by atoms with Gasteiger partial charge in [-0.15, -0.1) is 0 Å². The molecule has 196 valence electrons. The second kappa shape index (κ2) is 8.71. The maximum atomic E-state index is 13.5. The molecule has 5 N–H and O–H groups in total. The number of fused-ring (bicyclic) bond motifs is 4. The van der Waals surface area contributed by atoms with Crippen LogP contribution >= 0.6 is 0 Å². The van der Waals surface area contributed by atoms with Gasteiger partial charge in [0.1, 0.15) is 5.75 Å². The number of nitrogens with two attached hydrogens (primary N) is 1. The van der Waals surface area contributed by atoms with E-state index in [4.69, 9.17) is 5.73 Å². The van der Waals surface area contributed by atoms with E-state index in [2.05, 4.69) is 4.98 Å². The van der Waals surface area contributed by atoms with Crippen LogP contribution in [0.25, 0.3) is 32.9 Å². The number of phenols is 1. The molecule has 7 heteroatoms. The van der Waals surface area contributed by atoms with E-state index in [0.717, 1.165) is 44.2 Å². The van der Waals surface area contributed by atoms with Gasteiger partial charge >= 0.3 is 0 Å². The highest BCUT2D eigenvalue weighted by molar-refractivity contribution is 6.20. The first kappa shape index (κ1) is 24.7. The number of hydrogen-bond acceptors (Lipinski definition) is 4. The highest BCUT2D eigenvalue weighted by atomic mass is 16.3. The van der Waals surface area contributed by atoms with E-state index in [0.29, 0.717) is 35.2 Å². The lowest BCUT2D eigenvalue weighted by Gasteiger charge is -2.30. The molecule has 0 saturated heterocycles. The number of nitrogens with zero attached hydrogens (tertiary/aromatic N) is 1. The number of rotatable bonds is 4. The number of phenolic OH excluding ortho intramolecular Hbond substituents is 1. The van der Waals surface area contributed by atoms with Gasteiger partial charge in [0, 0.05) is 39.6 Å². The average molecular weight is 520 g/mol. The molecule has 2 heterocycles. The number of H-pyrrole nitrogens is 1. The number of aromatic nitrogens is 1. The number of aromatic amines is 1. The van der Waals surface area contributed by atoms with Crippen molar-refractivity contribution in [2.75, 3.05) is 11.4 Å². The number of hydrogen-bond donors (Lipinski definition) is 4. The summed E-state index contributed by atoms with van der Waals surface area (Å²) in [6, 6.07) is 20.3. The maximum absolute atomic E-state index is 13.5. The molecule has 0 spiro atoms. The Morgan fingerprint density at radius 1 is 1.00 bits per heavy atom. The highest BCUT2D eigenvalue weighted by Gasteiger charge is 2.29. The molecule has 6 rings (SSSR count). The minimum Gasteiger partial charge on any atom is -0.508 e. The standard InChI is InChI=1S/C32H29N3O4/c1-17-19(6-4-8-26(17)35-15-14-20-22(31(35)38)7-5-9-27(20)36)21-12-13-24(30(33)37)29-28(21)23-11-10-18(32(2,3)39)16-25(23)34-29/h4-13,16,34,36,39H,14-15H2,1-3H3,(H2,33,37). The molecule has 0 bridgehead atoms. The predicted molar refractivity (Wildman–Crippen MR) is 153 cm³/mol. The Labute approximate surface area is 225 Å². The zero-order valence-corrected chi connectivity index (χ0v) is 22.0. The maximum Gasteiger partial charge on any atom is 0.258 e. The molecular formula is C32H29N3O4. The number of anilines is 1. The van der Waals surface area contributed by atoms with Crippen LogP contribution in [0.1, 0.15) is 51.3 Å². The molecule has 0 saturated carbocycles. The van der Waals surface area contributed by atoms with Gasteiger partial charge in [-0.25, -0.2) is 0 Å². The van der Waals surface area contributed by atoms with Gasteiger partial charge in [-0.05, 0) is 79.8 Å². The summed E-state index contributed by atoms with van der Waals surface area (Å²) < 4.78 is 0. The number of nitrogens with one attached hydrogen (secondary N) is 1. The van der Waals surface area contributed by atoms with Crippen molar-refractivity contribution in [1.82, 2.24) is 4.98 Å². The normalized spacial score (nSPS) is 13.7. The number of aliphatic hydroxyl groups is 1. The largest absolute Gasteiger partial charge is 0.508 e. The third-order valence-corrected chi connectivity index (χ3v) is 7.82. The third-order valence-electron chi connectivity index (χ3n) is 7.82. The van der Waals surface area contributed by atoms with Crippen molar-refractivity contribution in [3.63, 3.8) is 0 Å². The zero-order chi connectivity index (χ0) is 27.6. The Hall–Kier alpha value is -4.62. The van der Waals surface area contributed by atoms with E-state index >= 15 is 0 Å². The monoisotopic (exact) mass is 519 g/mol. The summed E-state index contributed by atoms with van der Waals surface area (Å²) in [6.45, 7) is 5.91. The number of aromatic hydroxyl groups is 1. The van der Waals surface area contributed by atoms with E-state index < -0.39 is 11.5 Å². The van der Waals surface area contributed by atoms with Crippen LogP contribution in [0.3, 0.4) is 0 Å². The Kier molecular flexibility index (Phi) is 5.52. The molecule has 1 aliphatic heterocycles. The molecule has 0 fully saturated rings. The van der Waals surface area contributed by atoms with E-state index in [-0.39, 0.29) is 11.7 Å². The quantitative estimate of drug-likeness (QED) is 0.249. The van der Waals surface area contributed by atoms with Crippen molar-refractivity contribution >= 4 is 39.3 Å². The second-order valence-electron chi connectivity index (χ2n) is 10.7. The van der Waals surface area contributed by atoms with Crippen molar-refractivity contribution in [2.45, 2.75) is 32.8 Å². The minimum atomic E-state index is -1.03. The van der Waals surface area contributed by atoms with E-state index in [1.807, 2.05) is 49.4 Å². The van der Waals surface area contributed by atoms with E-state index in [1.165, 1.54) is 0 Å². The van der Waals surface area contributed by atoms with Crippen LogP contribution in [0.4, 0.5) is 5.69 Å². The molecule has 0 radical (unpaired) electrons. The Morgan fingerprint density at radius 2 is 1.74 bits per heavy atom. The second-order valence-corrected chi connectivity index (χ2v) is 10.7. The molecule has 1 aromatic heterocycles. The van der Waals surface area contributed by atoms with Gasteiger partial charge in [-0.2, -0.15) is 0 Å². The first-order valence-corrected chi connectivity index (χ1v) is 12.9. The number of carbonyl (C=O) groups excluding carboxylic acids is 2. The van der Waals surface area contributed by atoms with Crippen LogP contribution in [0.15, 0.2) is 66.7 Å². The summed E-state index contributed by atoms with van der Waals surface area (Å²) >= 11 is 0. The van der Waals surface area contributed by atoms with Gasteiger partial charge in [0.25, 0.3) is 11.8 Å². The smallest absolute Gasteiger partial charge is 0.258 e. The fourth-order valence-corrected chi connectivity index (χ4v) is 5.77. The minimum absolute atomic E-state index is 0.145. The fraction of sp³-hybridized carbons (Fsp3) is 0.188. The van der Waals surface area contributed by atoms with E-state index in [9.17, 15) is 19.8 Å². The van der Waals surface area contributed by atoms with Crippen LogP contribution in [0.2, 0.25) is 0 Å². The third kappa shape index (κ3) is 3.85. The van der Waals surface area contributed by atoms with Crippen molar-refractivity contribution in [3.05, 3.63) is 94.5 Å². The predicted octanol–water partition coefficient (Wildman–Crippen LogP) is 5.53. The summed E-state index contributed by atoms with van der Waals surface area (Å²) in [5.74, 6) is -0.532. The zero-order valence-electron chi connectivity index (χ0n) is 22.0. The van der Waals surface area contributed by atoms with Crippen molar-refractivity contribution in [1.29, 1.82) is 0 Å². The average Bonchev–Trinajstić information content (AvgIpc) is 3.28. The van der Waals surface area contributed by atoms with Crippen LogP contribution in [-0.2, 0) is 12.0 Å². The van der Waals surface area contributed by atoms with Crippen LogP contribution in [-0.4, -0.2) is 33.6 Å². The Bertz CT molecular complexity index is 1830. The molecule has 2 amide bonds. The van der Waals surface area contributed by atoms with Gasteiger partial charge in [0.2, 0.25) is 0 Å². The lowest BCUT2D eigenvalue weighted by atomic mass is 9.91. The lowest BCUT2D eigenvalue weighted by Crippen LogP contribution is -2.38. The number of benzene rings is 4. The van der Waals surface area contributed by atoms with Crippen molar-refractivity contribution in [2.24, 2.45) is 5.73 Å². The summed E-state index contributed by atoms with van der Waals surface area (Å²) in [7, 11) is 0. The fourth-order valence-electron chi connectivity index (χ4n) is 5.77. The first-order chi connectivity index (χ1) is 18.6. The summed E-state index contributed by atoms with van der Waals surface area (Å²) in [4.78, 5) is 31.0. The number of carbonyl (C=O) groups is 2. The van der Waals surface area contributed by atoms with Crippen molar-refractivity contribution in [3.8, 4) is 16.9 Å². The highest BCUT2D eigenvalue weighted by Crippen LogP contribution is 2.41. The number of primary amides is 1. The van der Waals surface area contributed by atoms with E-state index in [1.54, 1.807) is 43.0 Å². The van der Waals surface area contributed by atoms with Gasteiger partial charge < -0.3 is 25.8 Å². The Balaban J connectivity index is 1.55. The Morgan fingerprint density at radius 3 is 2.49 bits per heavy atom. The SMILES string of the molecule is Cc1c(-c2ccc(C(N)=O)c3[nH]c4cc(C(C)(C)O)ccc4c23)cccc1N1CCc2c(O)cccc2C1=O. The summed E-state index contributed by atoms with van der Waals surface area (Å²) in [5.41, 5.74) is 12.0. The number of amides is 2. The van der Waals surface area contributed by atoms with Gasteiger partial charge in [-0.1, -0.05) is 36.4 Å². The first-order valence-electron chi connectivity index (χ1n) is 12.9. The van der Waals surface area contributed by atoms with Gasteiger partial charge in [0.15, 0.2) is 0 Å². The van der Waals surface area contributed by atoms with Gasteiger partial charge in [0.05, 0.1) is 16.7 Å².